The van der Waals surface area contributed by atoms with Crippen LogP contribution in [-0.4, -0.2) is 25.2 Å². The number of phenols is 2. The Morgan fingerprint density at radius 1 is 0.640 bits per heavy atom. The number of benzene rings is 2. The minimum atomic E-state index is -0.144. The van der Waals surface area contributed by atoms with Gasteiger partial charge in [-0.05, 0) is 0 Å². The van der Waals surface area contributed by atoms with Crippen molar-refractivity contribution in [2.45, 2.75) is 66.2 Å². The van der Waals surface area contributed by atoms with Gasteiger partial charge in [0.15, 0.2) is 0 Å². The number of aryl methyl sites for hydroxylation is 2. The average molecular weight is 405 g/mol. The molecule has 2 rings (SSSR count). The molecule has 0 saturated carbocycles. The molecule has 25 heavy (non-hydrogen) atoms. The molecule has 136 valence electrons. The molecule has 2 aromatic carbocycles. The molecule has 0 aliphatic rings. The molecule has 0 aliphatic carbocycles. The molecule has 0 unspecified atom stereocenters. The van der Waals surface area contributed by atoms with E-state index in [0.29, 0.717) is 11.5 Å². The third-order valence-corrected chi connectivity index (χ3v) is 7.53. The van der Waals surface area contributed by atoms with E-state index in [4.69, 9.17) is 0 Å². The molecule has 0 bridgehead atoms. The van der Waals surface area contributed by atoms with Crippen molar-refractivity contribution >= 4 is 23.9 Å². The number of phenolic OH excluding ortho intramolecular Hbond substituents is 2. The van der Waals surface area contributed by atoms with Crippen molar-refractivity contribution in [1.82, 2.24) is 0 Å². The van der Waals surface area contributed by atoms with E-state index in [1.54, 1.807) is 0 Å². The number of hydrogen-bond acceptors (Lipinski definition) is 2. The van der Waals surface area contributed by atoms with Gasteiger partial charge in [0.05, 0.1) is 0 Å². The van der Waals surface area contributed by atoms with Crippen molar-refractivity contribution in [1.29, 1.82) is 0 Å². The summed E-state index contributed by atoms with van der Waals surface area (Å²) >= 11 is -0.144. The van der Waals surface area contributed by atoms with Gasteiger partial charge in [0.2, 0.25) is 0 Å². The van der Waals surface area contributed by atoms with Gasteiger partial charge in [0.25, 0.3) is 0 Å². The van der Waals surface area contributed by atoms with E-state index in [2.05, 4.69) is 53.7 Å². The minimum absolute atomic E-state index is 0.000181. The summed E-state index contributed by atoms with van der Waals surface area (Å²) in [6, 6.07) is 8.07. The van der Waals surface area contributed by atoms with Crippen molar-refractivity contribution in [2.75, 3.05) is 0 Å². The Labute approximate surface area is 158 Å². The molecule has 0 aromatic heterocycles. The molecule has 0 saturated heterocycles. The summed E-state index contributed by atoms with van der Waals surface area (Å²) in [6.45, 7) is 17.0. The molecule has 0 aliphatic heterocycles. The molecule has 0 amide bonds. The van der Waals surface area contributed by atoms with Gasteiger partial charge in [-0.25, -0.2) is 0 Å². The summed E-state index contributed by atoms with van der Waals surface area (Å²) in [6.07, 6.45) is 0. The molecule has 0 heterocycles. The fourth-order valence-electron chi connectivity index (χ4n) is 2.74. The van der Waals surface area contributed by atoms with E-state index in [-0.39, 0.29) is 25.8 Å². The molecule has 0 radical (unpaired) electrons. The Kier molecular flexibility index (Phi) is 5.33. The monoisotopic (exact) mass is 406 g/mol. The van der Waals surface area contributed by atoms with Gasteiger partial charge >= 0.3 is 158 Å². The van der Waals surface area contributed by atoms with Crippen LogP contribution in [-0.2, 0) is 10.8 Å². The maximum atomic E-state index is 10.6. The Morgan fingerprint density at radius 3 is 1.20 bits per heavy atom. The van der Waals surface area contributed by atoms with Crippen molar-refractivity contribution in [2.24, 2.45) is 0 Å². The van der Waals surface area contributed by atoms with Crippen molar-refractivity contribution < 1.29 is 10.2 Å². The van der Waals surface area contributed by atoms with Crippen LogP contribution in [0.15, 0.2) is 24.3 Å². The second-order valence-corrected chi connectivity index (χ2v) is 11.0. The topological polar surface area (TPSA) is 40.5 Å². The van der Waals surface area contributed by atoms with Crippen LogP contribution in [0.25, 0.3) is 0 Å². The molecular formula is C22H30O2Se. The SMILES string of the molecule is Cc1cc(C(C)(C)C)cc(O)c1[Se]c1c(C)cc(C(C)(C)C)cc1O. The zero-order valence-corrected chi connectivity index (χ0v) is 18.3. The van der Waals surface area contributed by atoms with E-state index in [1.165, 1.54) is 0 Å². The summed E-state index contributed by atoms with van der Waals surface area (Å²) < 4.78 is 1.89. The Hall–Kier alpha value is -1.44. The molecule has 0 atom stereocenters. The summed E-state index contributed by atoms with van der Waals surface area (Å²) in [4.78, 5) is 0. The second kappa shape index (κ2) is 6.70. The standard InChI is InChI=1S/C22H30O2Se/c1-13-9-15(21(3,4)5)11-17(23)19(13)25-20-14(2)10-16(12-18(20)24)22(6,7)8/h9-12,23-24H,1-8H3. The van der Waals surface area contributed by atoms with Gasteiger partial charge in [0, 0.05) is 0 Å². The van der Waals surface area contributed by atoms with Gasteiger partial charge in [-0.3, -0.25) is 0 Å². The summed E-state index contributed by atoms with van der Waals surface area (Å²) in [5.41, 5.74) is 4.43. The van der Waals surface area contributed by atoms with E-state index in [0.717, 1.165) is 31.2 Å². The number of aromatic hydroxyl groups is 2. The molecule has 2 nitrogen and oxygen atoms in total. The normalized spacial score (nSPS) is 12.5. The first-order valence-corrected chi connectivity index (χ1v) is 10.4. The van der Waals surface area contributed by atoms with Crippen molar-refractivity contribution in [3.63, 3.8) is 0 Å². The third-order valence-electron chi connectivity index (χ3n) is 4.45. The molecule has 2 N–H and O–H groups in total. The molecule has 0 spiro atoms. The second-order valence-electron chi connectivity index (χ2n) is 8.88. The average Bonchev–Trinajstić information content (AvgIpc) is 2.42. The maximum absolute atomic E-state index is 10.6. The third kappa shape index (κ3) is 4.40. The van der Waals surface area contributed by atoms with Crippen LogP contribution in [0.2, 0.25) is 0 Å². The van der Waals surface area contributed by atoms with E-state index < -0.39 is 0 Å². The van der Waals surface area contributed by atoms with Crippen LogP contribution in [0, 0.1) is 13.8 Å². The number of hydrogen-bond donors (Lipinski definition) is 2. The Balaban J connectivity index is 2.48. The predicted octanol–water partition coefficient (Wildman–Crippen LogP) is 3.96. The van der Waals surface area contributed by atoms with Crippen LogP contribution < -0.4 is 8.92 Å². The summed E-state index contributed by atoms with van der Waals surface area (Å²) in [5, 5.41) is 21.2. The molecule has 0 fully saturated rings. The zero-order valence-electron chi connectivity index (χ0n) is 16.6. The van der Waals surface area contributed by atoms with Gasteiger partial charge in [-0.1, -0.05) is 0 Å². The van der Waals surface area contributed by atoms with Gasteiger partial charge < -0.3 is 0 Å². The van der Waals surface area contributed by atoms with Crippen LogP contribution in [0.3, 0.4) is 0 Å². The first-order chi connectivity index (χ1) is 11.3. The first-order valence-electron chi connectivity index (χ1n) is 8.66. The van der Waals surface area contributed by atoms with Crippen LogP contribution in [0.5, 0.6) is 11.5 Å². The van der Waals surface area contributed by atoms with Gasteiger partial charge in [-0.15, -0.1) is 0 Å². The fraction of sp³-hybridized carbons (Fsp3) is 0.455. The van der Waals surface area contributed by atoms with E-state index >= 15 is 0 Å². The molecule has 2 aromatic rings. The fourth-order valence-corrected chi connectivity index (χ4v) is 4.78. The zero-order chi connectivity index (χ0) is 19.2. The quantitative estimate of drug-likeness (QED) is 0.743. The van der Waals surface area contributed by atoms with Crippen LogP contribution in [0.1, 0.15) is 63.8 Å². The van der Waals surface area contributed by atoms with Crippen LogP contribution >= 0.6 is 0 Å². The summed E-state index contributed by atoms with van der Waals surface area (Å²) in [5.74, 6) is 0.673. The Bertz CT molecular complexity index is 679. The van der Waals surface area contributed by atoms with E-state index in [1.807, 2.05) is 26.0 Å². The van der Waals surface area contributed by atoms with Gasteiger partial charge in [-0.2, -0.15) is 0 Å². The summed E-state index contributed by atoms with van der Waals surface area (Å²) in [7, 11) is 0. The first kappa shape index (κ1) is 19.9. The molecule has 3 heteroatoms. The van der Waals surface area contributed by atoms with Crippen molar-refractivity contribution in [3.8, 4) is 11.5 Å². The van der Waals surface area contributed by atoms with Crippen molar-refractivity contribution in [3.05, 3.63) is 46.5 Å². The van der Waals surface area contributed by atoms with E-state index in [9.17, 15) is 10.2 Å². The Morgan fingerprint density at radius 2 is 0.960 bits per heavy atom. The molecular weight excluding hydrogens is 375 g/mol. The van der Waals surface area contributed by atoms with Gasteiger partial charge in [0.1, 0.15) is 0 Å². The van der Waals surface area contributed by atoms with Crippen LogP contribution in [0.4, 0.5) is 0 Å². The predicted molar refractivity (Wildman–Crippen MR) is 108 cm³/mol. The number of rotatable bonds is 2.